The Kier molecular flexibility index (Phi) is 5.07. The van der Waals surface area contributed by atoms with Gasteiger partial charge in [0, 0.05) is 5.69 Å². The van der Waals surface area contributed by atoms with E-state index in [1.165, 1.54) is 5.56 Å². The highest BCUT2D eigenvalue weighted by Crippen LogP contribution is 2.19. The molecule has 0 aliphatic heterocycles. The molecule has 0 saturated carbocycles. The third-order valence-electron chi connectivity index (χ3n) is 4.14. The van der Waals surface area contributed by atoms with Gasteiger partial charge in [0.15, 0.2) is 0 Å². The van der Waals surface area contributed by atoms with Gasteiger partial charge in [-0.1, -0.05) is 72.8 Å². The minimum Gasteiger partial charge on any atom is -0.326 e. The Morgan fingerprint density at radius 1 is 0.792 bits per heavy atom. The lowest BCUT2D eigenvalue weighted by atomic mass is 10.0. The van der Waals surface area contributed by atoms with E-state index < -0.39 is 0 Å². The molecule has 3 aromatic carbocycles. The molecule has 2 heteroatoms. The van der Waals surface area contributed by atoms with Gasteiger partial charge >= 0.3 is 0 Å². The zero-order valence-corrected chi connectivity index (χ0v) is 13.8. The summed E-state index contributed by atoms with van der Waals surface area (Å²) in [5.41, 5.74) is 5.46. The van der Waals surface area contributed by atoms with Gasteiger partial charge in [-0.2, -0.15) is 0 Å². The molecule has 0 aliphatic rings. The standard InChI is InChI=1S/C22H21NO/c1-17-9-5-6-12-19(17)16-22(24)23-21-14-8-7-13-20(21)15-18-10-3-2-4-11-18/h2-14H,15-16H2,1H3,(H,23,24). The van der Waals surface area contributed by atoms with Crippen LogP contribution < -0.4 is 5.32 Å². The van der Waals surface area contributed by atoms with Crippen LogP contribution in [0.4, 0.5) is 5.69 Å². The van der Waals surface area contributed by atoms with Crippen LogP contribution in [0.5, 0.6) is 0 Å². The molecule has 0 unspecified atom stereocenters. The first-order valence-electron chi connectivity index (χ1n) is 8.18. The van der Waals surface area contributed by atoms with Crippen molar-refractivity contribution >= 4 is 11.6 Å². The third kappa shape index (κ3) is 4.11. The topological polar surface area (TPSA) is 29.1 Å². The van der Waals surface area contributed by atoms with Crippen molar-refractivity contribution in [1.82, 2.24) is 0 Å². The second-order valence-corrected chi connectivity index (χ2v) is 5.97. The molecule has 0 spiro atoms. The van der Waals surface area contributed by atoms with Crippen LogP contribution in [0.25, 0.3) is 0 Å². The SMILES string of the molecule is Cc1ccccc1CC(=O)Nc1ccccc1Cc1ccccc1. The highest BCUT2D eigenvalue weighted by atomic mass is 16.1. The first kappa shape index (κ1) is 16.0. The highest BCUT2D eigenvalue weighted by molar-refractivity contribution is 5.93. The van der Waals surface area contributed by atoms with Crippen LogP contribution in [0.3, 0.4) is 0 Å². The normalized spacial score (nSPS) is 10.4. The molecule has 0 bridgehead atoms. The summed E-state index contributed by atoms with van der Waals surface area (Å²) >= 11 is 0. The van der Waals surface area contributed by atoms with Crippen LogP contribution >= 0.6 is 0 Å². The summed E-state index contributed by atoms with van der Waals surface area (Å²) in [4.78, 5) is 12.4. The fourth-order valence-corrected chi connectivity index (χ4v) is 2.79. The van der Waals surface area contributed by atoms with Gasteiger partial charge in [-0.25, -0.2) is 0 Å². The Hall–Kier alpha value is -2.87. The van der Waals surface area contributed by atoms with Crippen LogP contribution in [-0.4, -0.2) is 5.91 Å². The van der Waals surface area contributed by atoms with E-state index >= 15 is 0 Å². The number of aryl methyl sites for hydroxylation is 1. The smallest absolute Gasteiger partial charge is 0.228 e. The van der Waals surface area contributed by atoms with Crippen molar-refractivity contribution in [2.45, 2.75) is 19.8 Å². The Balaban J connectivity index is 1.73. The van der Waals surface area contributed by atoms with E-state index in [1.807, 2.05) is 67.6 Å². The summed E-state index contributed by atoms with van der Waals surface area (Å²) in [5.74, 6) is 0.0183. The number of nitrogens with one attached hydrogen (secondary N) is 1. The third-order valence-corrected chi connectivity index (χ3v) is 4.14. The van der Waals surface area contributed by atoms with Crippen molar-refractivity contribution in [3.05, 3.63) is 101 Å². The summed E-state index contributed by atoms with van der Waals surface area (Å²) < 4.78 is 0. The molecule has 0 fully saturated rings. The predicted octanol–water partition coefficient (Wildman–Crippen LogP) is 4.77. The molecule has 2 nitrogen and oxygen atoms in total. The molecule has 0 atom stereocenters. The van der Waals surface area contributed by atoms with Gasteiger partial charge in [0.05, 0.1) is 6.42 Å². The maximum atomic E-state index is 12.4. The van der Waals surface area contributed by atoms with Crippen LogP contribution in [0.2, 0.25) is 0 Å². The number of carbonyl (C=O) groups is 1. The number of anilines is 1. The summed E-state index contributed by atoms with van der Waals surface area (Å²) in [5, 5.41) is 3.07. The van der Waals surface area contributed by atoms with Gasteiger partial charge in [0.1, 0.15) is 0 Å². The number of hydrogen-bond donors (Lipinski definition) is 1. The Morgan fingerprint density at radius 3 is 2.17 bits per heavy atom. The Labute approximate surface area is 143 Å². The van der Waals surface area contributed by atoms with Gasteiger partial charge in [-0.05, 0) is 41.7 Å². The van der Waals surface area contributed by atoms with Gasteiger partial charge < -0.3 is 5.32 Å². The lowest BCUT2D eigenvalue weighted by molar-refractivity contribution is -0.115. The van der Waals surface area contributed by atoms with Gasteiger partial charge in [0.25, 0.3) is 0 Å². The molecule has 1 amide bonds. The van der Waals surface area contributed by atoms with Crippen molar-refractivity contribution in [2.75, 3.05) is 5.32 Å². The van der Waals surface area contributed by atoms with Crippen molar-refractivity contribution in [3.8, 4) is 0 Å². The summed E-state index contributed by atoms with van der Waals surface area (Å²) in [6.45, 7) is 2.03. The van der Waals surface area contributed by atoms with Crippen molar-refractivity contribution in [1.29, 1.82) is 0 Å². The molecule has 0 saturated heterocycles. The molecule has 0 heterocycles. The van der Waals surface area contributed by atoms with E-state index in [0.29, 0.717) is 6.42 Å². The number of carbonyl (C=O) groups excluding carboxylic acids is 1. The molecule has 0 aliphatic carbocycles. The lowest BCUT2D eigenvalue weighted by Gasteiger charge is -2.12. The summed E-state index contributed by atoms with van der Waals surface area (Å²) in [6.07, 6.45) is 1.20. The summed E-state index contributed by atoms with van der Waals surface area (Å²) in [7, 11) is 0. The van der Waals surface area contributed by atoms with Gasteiger partial charge in [0.2, 0.25) is 5.91 Å². The summed E-state index contributed by atoms with van der Waals surface area (Å²) in [6, 6.07) is 26.3. The monoisotopic (exact) mass is 315 g/mol. The molecule has 3 rings (SSSR count). The molecule has 120 valence electrons. The zero-order chi connectivity index (χ0) is 16.8. The molecule has 24 heavy (non-hydrogen) atoms. The van der Waals surface area contributed by atoms with Gasteiger partial charge in [-0.3, -0.25) is 4.79 Å². The minimum absolute atomic E-state index is 0.0183. The van der Waals surface area contributed by atoms with E-state index in [-0.39, 0.29) is 5.91 Å². The van der Waals surface area contributed by atoms with Crippen molar-refractivity contribution in [3.63, 3.8) is 0 Å². The maximum Gasteiger partial charge on any atom is 0.228 e. The fraction of sp³-hybridized carbons (Fsp3) is 0.136. The van der Waals surface area contributed by atoms with Crippen LogP contribution in [0.15, 0.2) is 78.9 Å². The van der Waals surface area contributed by atoms with Crippen molar-refractivity contribution in [2.24, 2.45) is 0 Å². The second kappa shape index (κ2) is 7.60. The largest absolute Gasteiger partial charge is 0.326 e. The first-order valence-corrected chi connectivity index (χ1v) is 8.18. The van der Waals surface area contributed by atoms with E-state index in [9.17, 15) is 4.79 Å². The number of para-hydroxylation sites is 1. The molecule has 1 N–H and O–H groups in total. The number of hydrogen-bond acceptors (Lipinski definition) is 1. The number of amides is 1. The molecular formula is C22H21NO. The number of benzene rings is 3. The molecular weight excluding hydrogens is 294 g/mol. The van der Waals surface area contributed by atoms with E-state index in [2.05, 4.69) is 23.5 Å². The predicted molar refractivity (Wildman–Crippen MR) is 99.2 cm³/mol. The average Bonchev–Trinajstić information content (AvgIpc) is 2.60. The van der Waals surface area contributed by atoms with Crippen molar-refractivity contribution < 1.29 is 4.79 Å². The molecule has 3 aromatic rings. The number of rotatable bonds is 5. The first-order chi connectivity index (χ1) is 11.7. The van der Waals surface area contributed by atoms with Crippen LogP contribution in [-0.2, 0) is 17.6 Å². The minimum atomic E-state index is 0.0183. The highest BCUT2D eigenvalue weighted by Gasteiger charge is 2.09. The van der Waals surface area contributed by atoms with Crippen LogP contribution in [0.1, 0.15) is 22.3 Å². The Morgan fingerprint density at radius 2 is 1.42 bits per heavy atom. The average molecular weight is 315 g/mol. The van der Waals surface area contributed by atoms with Crippen LogP contribution in [0, 0.1) is 6.92 Å². The van der Waals surface area contributed by atoms with E-state index in [0.717, 1.165) is 28.8 Å². The Bertz CT molecular complexity index is 824. The quantitative estimate of drug-likeness (QED) is 0.722. The van der Waals surface area contributed by atoms with E-state index in [4.69, 9.17) is 0 Å². The lowest BCUT2D eigenvalue weighted by Crippen LogP contribution is -2.16. The maximum absolute atomic E-state index is 12.4. The molecule has 0 radical (unpaired) electrons. The zero-order valence-electron chi connectivity index (χ0n) is 13.8. The second-order valence-electron chi connectivity index (χ2n) is 5.97. The molecule has 0 aromatic heterocycles. The fourth-order valence-electron chi connectivity index (χ4n) is 2.79. The van der Waals surface area contributed by atoms with E-state index in [1.54, 1.807) is 0 Å². The van der Waals surface area contributed by atoms with Gasteiger partial charge in [-0.15, -0.1) is 0 Å².